The number of hydrogen-bond acceptors (Lipinski definition) is 5. The van der Waals surface area contributed by atoms with Crippen LogP contribution in [0.15, 0.2) is 18.2 Å². The average Bonchev–Trinajstić information content (AvgIpc) is 2.79. The maximum atomic E-state index is 5.55. The molecular formula is C10H15N3O2. The van der Waals surface area contributed by atoms with Crippen molar-refractivity contribution in [2.45, 2.75) is 6.42 Å². The van der Waals surface area contributed by atoms with Gasteiger partial charge in [-0.15, -0.1) is 0 Å². The first-order valence-corrected chi connectivity index (χ1v) is 5.02. The molecule has 0 aromatic carbocycles. The molecule has 0 bridgehead atoms. The fourth-order valence-electron chi connectivity index (χ4n) is 1.49. The van der Waals surface area contributed by atoms with Gasteiger partial charge in [-0.1, -0.05) is 6.07 Å². The number of pyridine rings is 1. The van der Waals surface area contributed by atoms with Crippen LogP contribution in [0.4, 0.5) is 5.82 Å². The summed E-state index contributed by atoms with van der Waals surface area (Å²) in [5.41, 5.74) is 2.48. The highest BCUT2D eigenvalue weighted by molar-refractivity contribution is 5.35. The Bertz CT molecular complexity index is 313. The Morgan fingerprint density at radius 1 is 1.60 bits per heavy atom. The number of nitrogens with one attached hydrogen (secondary N) is 1. The van der Waals surface area contributed by atoms with Crippen LogP contribution in [0.1, 0.15) is 6.42 Å². The van der Waals surface area contributed by atoms with Crippen molar-refractivity contribution in [3.8, 4) is 5.88 Å². The van der Waals surface area contributed by atoms with E-state index in [-0.39, 0.29) is 0 Å². The number of nitrogens with two attached hydrogens (primary N) is 1. The fraction of sp³-hybridized carbons (Fsp3) is 0.500. The summed E-state index contributed by atoms with van der Waals surface area (Å²) >= 11 is 0. The predicted octanol–water partition coefficient (Wildman–Crippen LogP) is 0.782. The van der Waals surface area contributed by atoms with Crippen molar-refractivity contribution >= 4 is 5.82 Å². The highest BCUT2D eigenvalue weighted by Gasteiger charge is 2.16. The molecule has 3 N–H and O–H groups in total. The van der Waals surface area contributed by atoms with Gasteiger partial charge in [-0.25, -0.2) is 5.84 Å². The average molecular weight is 209 g/mol. The van der Waals surface area contributed by atoms with E-state index in [0.717, 1.165) is 19.6 Å². The van der Waals surface area contributed by atoms with E-state index in [0.29, 0.717) is 24.2 Å². The molecule has 2 rings (SSSR count). The number of aromatic nitrogens is 1. The van der Waals surface area contributed by atoms with E-state index in [1.807, 2.05) is 12.1 Å². The van der Waals surface area contributed by atoms with E-state index in [9.17, 15) is 0 Å². The summed E-state index contributed by atoms with van der Waals surface area (Å²) in [5, 5.41) is 0. The third-order valence-corrected chi connectivity index (χ3v) is 2.36. The van der Waals surface area contributed by atoms with Gasteiger partial charge in [0, 0.05) is 18.6 Å². The van der Waals surface area contributed by atoms with Crippen LogP contribution in [0.25, 0.3) is 0 Å². The quantitative estimate of drug-likeness (QED) is 0.566. The van der Waals surface area contributed by atoms with E-state index >= 15 is 0 Å². The number of nitrogen functional groups attached to an aromatic ring is 1. The second kappa shape index (κ2) is 4.95. The first-order valence-electron chi connectivity index (χ1n) is 5.02. The van der Waals surface area contributed by atoms with Gasteiger partial charge in [-0.2, -0.15) is 4.98 Å². The number of hydrogen-bond donors (Lipinski definition) is 2. The minimum absolute atomic E-state index is 0.487. The molecular weight excluding hydrogens is 194 g/mol. The molecule has 1 aliphatic rings. The largest absolute Gasteiger partial charge is 0.477 e. The molecule has 2 heterocycles. The highest BCUT2D eigenvalue weighted by atomic mass is 16.5. The van der Waals surface area contributed by atoms with Crippen LogP contribution in [0.2, 0.25) is 0 Å². The summed E-state index contributed by atoms with van der Waals surface area (Å²) in [6.45, 7) is 2.28. The minimum Gasteiger partial charge on any atom is -0.477 e. The first-order chi connectivity index (χ1) is 7.38. The van der Waals surface area contributed by atoms with Crippen molar-refractivity contribution in [1.29, 1.82) is 0 Å². The molecule has 1 aromatic heterocycles. The third-order valence-electron chi connectivity index (χ3n) is 2.36. The van der Waals surface area contributed by atoms with E-state index in [1.54, 1.807) is 6.07 Å². The van der Waals surface area contributed by atoms with Gasteiger partial charge in [0.15, 0.2) is 0 Å². The van der Waals surface area contributed by atoms with Crippen LogP contribution in [0, 0.1) is 5.92 Å². The van der Waals surface area contributed by atoms with Crippen molar-refractivity contribution in [1.82, 2.24) is 4.98 Å². The lowest BCUT2D eigenvalue weighted by Crippen LogP contribution is -2.13. The monoisotopic (exact) mass is 209 g/mol. The van der Waals surface area contributed by atoms with E-state index in [4.69, 9.17) is 15.3 Å². The van der Waals surface area contributed by atoms with Gasteiger partial charge in [0.25, 0.3) is 0 Å². The summed E-state index contributed by atoms with van der Waals surface area (Å²) in [5.74, 6) is 6.94. The van der Waals surface area contributed by atoms with Gasteiger partial charge in [0.2, 0.25) is 5.88 Å². The van der Waals surface area contributed by atoms with Crippen LogP contribution in [0.5, 0.6) is 5.88 Å². The first kappa shape index (κ1) is 10.2. The molecule has 0 aliphatic carbocycles. The molecule has 1 saturated heterocycles. The second-order valence-electron chi connectivity index (χ2n) is 3.55. The standard InChI is InChI=1S/C10H15N3O2/c11-13-9-2-1-3-10(12-9)15-7-8-4-5-14-6-8/h1-3,8H,4-7,11H2,(H,12,13). The van der Waals surface area contributed by atoms with Crippen LogP contribution in [-0.2, 0) is 4.74 Å². The van der Waals surface area contributed by atoms with Gasteiger partial charge in [-0.3, -0.25) is 0 Å². The van der Waals surface area contributed by atoms with Gasteiger partial charge < -0.3 is 14.9 Å². The minimum atomic E-state index is 0.487. The van der Waals surface area contributed by atoms with E-state index in [2.05, 4.69) is 10.4 Å². The van der Waals surface area contributed by atoms with Crippen molar-refractivity contribution in [3.63, 3.8) is 0 Å². The normalized spacial score (nSPS) is 20.2. The number of anilines is 1. The maximum Gasteiger partial charge on any atom is 0.215 e. The number of ether oxygens (including phenoxy) is 2. The Kier molecular flexibility index (Phi) is 3.37. The molecule has 0 spiro atoms. The van der Waals surface area contributed by atoms with Crippen LogP contribution in [-0.4, -0.2) is 24.8 Å². The second-order valence-corrected chi connectivity index (χ2v) is 3.55. The van der Waals surface area contributed by atoms with Crippen LogP contribution in [0.3, 0.4) is 0 Å². The van der Waals surface area contributed by atoms with Gasteiger partial charge in [0.05, 0.1) is 13.2 Å². The third kappa shape index (κ3) is 2.81. The van der Waals surface area contributed by atoms with Crippen LogP contribution < -0.4 is 16.0 Å². The van der Waals surface area contributed by atoms with Gasteiger partial charge >= 0.3 is 0 Å². The molecule has 0 radical (unpaired) electrons. The Hall–Kier alpha value is -1.33. The van der Waals surface area contributed by atoms with E-state index in [1.165, 1.54) is 0 Å². The summed E-state index contributed by atoms with van der Waals surface area (Å²) in [6.07, 6.45) is 1.06. The zero-order chi connectivity index (χ0) is 10.5. The summed E-state index contributed by atoms with van der Waals surface area (Å²) in [6, 6.07) is 5.45. The predicted molar refractivity (Wildman–Crippen MR) is 56.5 cm³/mol. The molecule has 0 saturated carbocycles. The molecule has 1 unspecified atom stereocenters. The molecule has 1 aromatic rings. The number of nitrogens with zero attached hydrogens (tertiary/aromatic N) is 1. The smallest absolute Gasteiger partial charge is 0.215 e. The molecule has 5 nitrogen and oxygen atoms in total. The summed E-state index contributed by atoms with van der Waals surface area (Å²) in [7, 11) is 0. The van der Waals surface area contributed by atoms with Gasteiger partial charge in [-0.05, 0) is 12.5 Å². The lowest BCUT2D eigenvalue weighted by Gasteiger charge is -2.09. The van der Waals surface area contributed by atoms with Crippen molar-refractivity contribution in [3.05, 3.63) is 18.2 Å². The van der Waals surface area contributed by atoms with Crippen molar-refractivity contribution in [2.24, 2.45) is 11.8 Å². The van der Waals surface area contributed by atoms with Gasteiger partial charge in [0.1, 0.15) is 5.82 Å². The molecule has 1 atom stereocenters. The SMILES string of the molecule is NNc1cccc(OCC2CCOC2)n1. The molecule has 5 heteroatoms. The lowest BCUT2D eigenvalue weighted by atomic mass is 10.1. The Morgan fingerprint density at radius 3 is 3.27 bits per heavy atom. The van der Waals surface area contributed by atoms with Crippen molar-refractivity contribution < 1.29 is 9.47 Å². The van der Waals surface area contributed by atoms with Crippen LogP contribution >= 0.6 is 0 Å². The summed E-state index contributed by atoms with van der Waals surface area (Å²) < 4.78 is 10.8. The molecule has 15 heavy (non-hydrogen) atoms. The topological polar surface area (TPSA) is 69.4 Å². The Morgan fingerprint density at radius 2 is 2.53 bits per heavy atom. The summed E-state index contributed by atoms with van der Waals surface area (Å²) in [4.78, 5) is 4.15. The number of rotatable bonds is 4. The lowest BCUT2D eigenvalue weighted by molar-refractivity contribution is 0.165. The highest BCUT2D eigenvalue weighted by Crippen LogP contribution is 2.15. The fourth-order valence-corrected chi connectivity index (χ4v) is 1.49. The molecule has 1 fully saturated rings. The van der Waals surface area contributed by atoms with E-state index < -0.39 is 0 Å². The zero-order valence-corrected chi connectivity index (χ0v) is 8.48. The molecule has 1 aliphatic heterocycles. The Balaban J connectivity index is 1.86. The maximum absolute atomic E-state index is 5.55. The molecule has 82 valence electrons. The number of hydrazine groups is 1. The Labute approximate surface area is 88.6 Å². The van der Waals surface area contributed by atoms with Crippen molar-refractivity contribution in [2.75, 3.05) is 25.2 Å². The zero-order valence-electron chi connectivity index (χ0n) is 8.48. The molecule has 0 amide bonds.